The second-order valence-electron chi connectivity index (χ2n) is 4.79. The van der Waals surface area contributed by atoms with E-state index in [1.165, 1.54) is 0 Å². The van der Waals surface area contributed by atoms with Crippen LogP contribution in [0.3, 0.4) is 0 Å². The Labute approximate surface area is 124 Å². The van der Waals surface area contributed by atoms with Crippen molar-refractivity contribution >= 4 is 31.9 Å². The van der Waals surface area contributed by atoms with Gasteiger partial charge in [-0.15, -0.1) is 0 Å². The molecule has 2 atom stereocenters. The van der Waals surface area contributed by atoms with Crippen LogP contribution in [0.1, 0.15) is 31.2 Å². The molecule has 0 heterocycles. The summed E-state index contributed by atoms with van der Waals surface area (Å²) in [6, 6.07) is 3.97. The maximum atomic E-state index is 9.67. The summed E-state index contributed by atoms with van der Waals surface area (Å²) in [5.41, 5.74) is 1.02. The van der Waals surface area contributed by atoms with Gasteiger partial charge < -0.3 is 15.5 Å². The lowest BCUT2D eigenvalue weighted by molar-refractivity contribution is 0.111. The van der Waals surface area contributed by atoms with Crippen molar-refractivity contribution in [2.75, 3.05) is 0 Å². The molecule has 1 aromatic carbocycles. The van der Waals surface area contributed by atoms with Gasteiger partial charge in [0, 0.05) is 17.1 Å². The molecule has 1 saturated carbocycles. The first-order chi connectivity index (χ1) is 8.56. The summed E-state index contributed by atoms with van der Waals surface area (Å²) in [6.07, 6.45) is 3.75. The van der Waals surface area contributed by atoms with Gasteiger partial charge in [0.05, 0.1) is 10.6 Å². The van der Waals surface area contributed by atoms with Crippen LogP contribution in [0.5, 0.6) is 5.75 Å². The van der Waals surface area contributed by atoms with Gasteiger partial charge in [0.1, 0.15) is 5.75 Å². The van der Waals surface area contributed by atoms with Crippen molar-refractivity contribution in [2.45, 2.75) is 44.4 Å². The predicted octanol–water partition coefficient (Wildman–Crippen LogP) is 3.31. The Balaban J connectivity index is 1.95. The van der Waals surface area contributed by atoms with E-state index in [4.69, 9.17) is 0 Å². The zero-order valence-electron chi connectivity index (χ0n) is 10.00. The molecule has 0 saturated heterocycles. The van der Waals surface area contributed by atoms with Crippen LogP contribution in [-0.4, -0.2) is 22.4 Å². The van der Waals surface area contributed by atoms with E-state index < -0.39 is 0 Å². The molecule has 1 fully saturated rings. The Bertz CT molecular complexity index is 426. The van der Waals surface area contributed by atoms with E-state index in [1.54, 1.807) is 6.07 Å². The Morgan fingerprint density at radius 2 is 2.00 bits per heavy atom. The van der Waals surface area contributed by atoms with Crippen LogP contribution in [0.4, 0.5) is 0 Å². The fourth-order valence-corrected chi connectivity index (χ4v) is 3.45. The number of phenols is 1. The molecule has 3 nitrogen and oxygen atoms in total. The number of aliphatic hydroxyl groups is 1. The highest BCUT2D eigenvalue weighted by atomic mass is 79.9. The van der Waals surface area contributed by atoms with Crippen LogP contribution in [0, 0.1) is 0 Å². The van der Waals surface area contributed by atoms with Crippen molar-refractivity contribution < 1.29 is 10.2 Å². The molecule has 0 aromatic heterocycles. The number of hydrogen-bond acceptors (Lipinski definition) is 3. The Hall–Kier alpha value is -0.100. The molecule has 1 aliphatic rings. The fourth-order valence-electron chi connectivity index (χ4n) is 2.32. The van der Waals surface area contributed by atoms with E-state index in [-0.39, 0.29) is 11.9 Å². The van der Waals surface area contributed by atoms with E-state index in [9.17, 15) is 10.2 Å². The van der Waals surface area contributed by atoms with Gasteiger partial charge in [-0.05, 0) is 59.3 Å². The first kappa shape index (κ1) is 14.3. The summed E-state index contributed by atoms with van der Waals surface area (Å²) in [5, 5.41) is 22.7. The predicted molar refractivity (Wildman–Crippen MR) is 78.6 cm³/mol. The maximum absolute atomic E-state index is 9.67. The van der Waals surface area contributed by atoms with Gasteiger partial charge >= 0.3 is 0 Å². The quantitative estimate of drug-likeness (QED) is 0.756. The summed E-state index contributed by atoms with van der Waals surface area (Å²) in [4.78, 5) is 0. The third-order valence-electron chi connectivity index (χ3n) is 3.34. The van der Waals surface area contributed by atoms with Crippen molar-refractivity contribution in [1.29, 1.82) is 0 Å². The summed E-state index contributed by atoms with van der Waals surface area (Å²) in [6.45, 7) is 0.693. The molecule has 5 heteroatoms. The highest BCUT2D eigenvalue weighted by molar-refractivity contribution is 9.11. The average Bonchev–Trinajstić information content (AvgIpc) is 2.32. The van der Waals surface area contributed by atoms with Crippen LogP contribution in [-0.2, 0) is 6.54 Å². The van der Waals surface area contributed by atoms with E-state index in [0.29, 0.717) is 17.1 Å². The van der Waals surface area contributed by atoms with Crippen LogP contribution in [0.25, 0.3) is 0 Å². The monoisotopic (exact) mass is 377 g/mol. The molecule has 0 unspecified atom stereocenters. The third kappa shape index (κ3) is 3.70. The molecule has 0 aliphatic heterocycles. The van der Waals surface area contributed by atoms with Crippen molar-refractivity contribution in [3.63, 3.8) is 0 Å². The highest BCUT2D eigenvalue weighted by Crippen LogP contribution is 2.30. The first-order valence-electron chi connectivity index (χ1n) is 6.14. The van der Waals surface area contributed by atoms with Gasteiger partial charge in [-0.1, -0.05) is 15.9 Å². The molecule has 0 bridgehead atoms. The number of benzene rings is 1. The molecule has 3 N–H and O–H groups in total. The third-order valence-corrected chi connectivity index (χ3v) is 4.72. The number of rotatable bonds is 3. The minimum atomic E-state index is -0.169. The zero-order valence-corrected chi connectivity index (χ0v) is 13.2. The summed E-state index contributed by atoms with van der Waals surface area (Å²) in [5.74, 6) is 0.249. The van der Waals surface area contributed by atoms with E-state index in [0.717, 1.165) is 35.7 Å². The van der Waals surface area contributed by atoms with E-state index in [1.807, 2.05) is 6.07 Å². The lowest BCUT2D eigenvalue weighted by Crippen LogP contribution is -2.35. The van der Waals surface area contributed by atoms with E-state index >= 15 is 0 Å². The smallest absolute Gasteiger partial charge is 0.130 e. The average molecular weight is 379 g/mol. The first-order valence-corrected chi connectivity index (χ1v) is 7.73. The summed E-state index contributed by atoms with van der Waals surface area (Å²) in [7, 11) is 0. The number of hydrogen-bond donors (Lipinski definition) is 3. The fraction of sp³-hybridized carbons (Fsp3) is 0.538. The molecular weight excluding hydrogens is 362 g/mol. The Morgan fingerprint density at radius 1 is 1.22 bits per heavy atom. The molecule has 0 spiro atoms. The normalized spacial score (nSPS) is 24.2. The van der Waals surface area contributed by atoms with Gasteiger partial charge in [-0.3, -0.25) is 0 Å². The topological polar surface area (TPSA) is 52.5 Å². The molecular formula is C13H17Br2NO2. The Kier molecular flexibility index (Phi) is 5.06. The van der Waals surface area contributed by atoms with Crippen molar-refractivity contribution in [1.82, 2.24) is 5.32 Å². The lowest BCUT2D eigenvalue weighted by atomic mass is 9.93. The molecule has 100 valence electrons. The van der Waals surface area contributed by atoms with Crippen LogP contribution < -0.4 is 5.32 Å². The van der Waals surface area contributed by atoms with Gasteiger partial charge in [0.25, 0.3) is 0 Å². The molecule has 18 heavy (non-hydrogen) atoms. The Morgan fingerprint density at radius 3 is 2.72 bits per heavy atom. The van der Waals surface area contributed by atoms with Gasteiger partial charge in [0.15, 0.2) is 0 Å². The number of aliphatic hydroxyl groups excluding tert-OH is 1. The molecule has 0 radical (unpaired) electrons. The van der Waals surface area contributed by atoms with Crippen molar-refractivity contribution in [3.05, 3.63) is 26.6 Å². The van der Waals surface area contributed by atoms with Crippen LogP contribution in [0.15, 0.2) is 21.1 Å². The van der Waals surface area contributed by atoms with Gasteiger partial charge in [-0.2, -0.15) is 0 Å². The van der Waals surface area contributed by atoms with Crippen molar-refractivity contribution in [2.24, 2.45) is 0 Å². The molecule has 1 aliphatic carbocycles. The second kappa shape index (κ2) is 6.37. The minimum absolute atomic E-state index is 0.169. The van der Waals surface area contributed by atoms with Gasteiger partial charge in [-0.25, -0.2) is 0 Å². The SMILES string of the molecule is Oc1cc(CN[C@@H]2CCC[C@H](O)C2)c(Br)cc1Br. The maximum Gasteiger partial charge on any atom is 0.130 e. The largest absolute Gasteiger partial charge is 0.507 e. The van der Waals surface area contributed by atoms with Crippen LogP contribution >= 0.6 is 31.9 Å². The molecule has 0 amide bonds. The number of halogens is 2. The number of phenolic OH excluding ortho intramolecular Hbond substituents is 1. The summed E-state index contributed by atoms with van der Waals surface area (Å²) < 4.78 is 1.65. The number of aromatic hydroxyl groups is 1. The lowest BCUT2D eigenvalue weighted by Gasteiger charge is -2.27. The number of nitrogens with one attached hydrogen (secondary N) is 1. The van der Waals surface area contributed by atoms with E-state index in [2.05, 4.69) is 37.2 Å². The molecule has 1 aromatic rings. The zero-order chi connectivity index (χ0) is 13.1. The highest BCUT2D eigenvalue weighted by Gasteiger charge is 2.19. The van der Waals surface area contributed by atoms with Crippen molar-refractivity contribution in [3.8, 4) is 5.75 Å². The summed E-state index contributed by atoms with van der Waals surface area (Å²) >= 11 is 6.77. The second-order valence-corrected chi connectivity index (χ2v) is 6.50. The standard InChI is InChI=1S/C13H17Br2NO2/c14-11-6-12(15)13(18)4-8(11)7-16-9-2-1-3-10(17)5-9/h4,6,9-10,16-18H,1-3,5,7H2/t9-,10+/m1/s1. The van der Waals surface area contributed by atoms with Crippen LogP contribution in [0.2, 0.25) is 0 Å². The minimum Gasteiger partial charge on any atom is -0.507 e. The van der Waals surface area contributed by atoms with Gasteiger partial charge in [0.2, 0.25) is 0 Å². The molecule has 2 rings (SSSR count).